The fourth-order valence-electron chi connectivity index (χ4n) is 1.76. The molecular formula is C10H22N2S. The van der Waals surface area contributed by atoms with E-state index in [0.29, 0.717) is 0 Å². The molecule has 1 N–H and O–H groups in total. The summed E-state index contributed by atoms with van der Waals surface area (Å²) in [5.74, 6) is 2.69. The first kappa shape index (κ1) is 11.3. The van der Waals surface area contributed by atoms with Crippen LogP contribution in [-0.2, 0) is 0 Å². The van der Waals surface area contributed by atoms with Crippen molar-refractivity contribution in [2.75, 3.05) is 32.1 Å². The van der Waals surface area contributed by atoms with E-state index in [9.17, 15) is 0 Å². The molecule has 1 aliphatic heterocycles. The maximum Gasteiger partial charge on any atom is 0.0194 e. The average Bonchev–Trinajstić information content (AvgIpc) is 2.65. The molecule has 1 heterocycles. The van der Waals surface area contributed by atoms with E-state index in [1.807, 2.05) is 7.05 Å². The first-order chi connectivity index (χ1) is 6.25. The molecule has 0 amide bonds. The molecule has 78 valence electrons. The molecule has 0 saturated carbocycles. The molecule has 1 fully saturated rings. The highest BCUT2D eigenvalue weighted by Crippen LogP contribution is 2.23. The number of thioether (sulfide) groups is 1. The zero-order valence-electron chi connectivity index (χ0n) is 9.05. The lowest BCUT2D eigenvalue weighted by Gasteiger charge is -2.30. The van der Waals surface area contributed by atoms with Gasteiger partial charge >= 0.3 is 0 Å². The van der Waals surface area contributed by atoms with E-state index in [-0.39, 0.29) is 0 Å². The zero-order chi connectivity index (χ0) is 9.68. The van der Waals surface area contributed by atoms with Crippen LogP contribution in [0.5, 0.6) is 0 Å². The van der Waals surface area contributed by atoms with Crippen LogP contribution in [-0.4, -0.2) is 49.1 Å². The van der Waals surface area contributed by atoms with Gasteiger partial charge in [-0.15, -0.1) is 0 Å². The Balaban J connectivity index is 2.23. The fraction of sp³-hybridized carbons (Fsp3) is 1.00. The van der Waals surface area contributed by atoms with Crippen molar-refractivity contribution in [2.24, 2.45) is 0 Å². The maximum atomic E-state index is 3.21. The van der Waals surface area contributed by atoms with Crippen LogP contribution in [0, 0.1) is 0 Å². The molecule has 3 heteroatoms. The van der Waals surface area contributed by atoms with Gasteiger partial charge in [0.25, 0.3) is 0 Å². The third-order valence-electron chi connectivity index (χ3n) is 2.99. The predicted octanol–water partition coefficient (Wildman–Crippen LogP) is 1.42. The lowest BCUT2D eigenvalue weighted by molar-refractivity contribution is 0.191. The van der Waals surface area contributed by atoms with Crippen LogP contribution in [0.2, 0.25) is 0 Å². The third-order valence-corrected chi connectivity index (χ3v) is 4.13. The number of rotatable bonds is 5. The third kappa shape index (κ3) is 3.49. The summed E-state index contributed by atoms with van der Waals surface area (Å²) in [6.45, 7) is 3.46. The van der Waals surface area contributed by atoms with Gasteiger partial charge in [0.1, 0.15) is 0 Å². The molecule has 2 atom stereocenters. The van der Waals surface area contributed by atoms with E-state index in [0.717, 1.165) is 18.6 Å². The Hall–Kier alpha value is 0.270. The second kappa shape index (κ2) is 5.89. The first-order valence-corrected chi connectivity index (χ1v) is 6.35. The Labute approximate surface area is 86.5 Å². The largest absolute Gasteiger partial charge is 0.320 e. The van der Waals surface area contributed by atoms with E-state index in [1.165, 1.54) is 24.3 Å². The van der Waals surface area contributed by atoms with Crippen LogP contribution >= 0.6 is 11.8 Å². The fourth-order valence-corrected chi connectivity index (χ4v) is 3.04. The Morgan fingerprint density at radius 1 is 1.62 bits per heavy atom. The molecule has 0 aliphatic carbocycles. The Morgan fingerprint density at radius 2 is 2.38 bits per heavy atom. The van der Waals surface area contributed by atoms with Gasteiger partial charge in [-0.05, 0) is 46.2 Å². The Bertz CT molecular complexity index is 135. The molecule has 0 radical (unpaired) electrons. The predicted molar refractivity (Wildman–Crippen MR) is 61.5 cm³/mol. The van der Waals surface area contributed by atoms with Crippen molar-refractivity contribution in [1.29, 1.82) is 0 Å². The monoisotopic (exact) mass is 202 g/mol. The van der Waals surface area contributed by atoms with Crippen molar-refractivity contribution < 1.29 is 0 Å². The molecule has 1 rings (SSSR count). The van der Waals surface area contributed by atoms with Crippen molar-refractivity contribution in [3.8, 4) is 0 Å². The topological polar surface area (TPSA) is 15.3 Å². The highest BCUT2D eigenvalue weighted by molar-refractivity contribution is 7.99. The summed E-state index contributed by atoms with van der Waals surface area (Å²) in [6.07, 6.45) is 2.64. The summed E-state index contributed by atoms with van der Waals surface area (Å²) < 4.78 is 0. The van der Waals surface area contributed by atoms with E-state index in [4.69, 9.17) is 0 Å². The number of nitrogens with one attached hydrogen (secondary N) is 1. The summed E-state index contributed by atoms with van der Waals surface area (Å²) >= 11 is 2.09. The van der Waals surface area contributed by atoms with Gasteiger partial charge in [0, 0.05) is 17.8 Å². The van der Waals surface area contributed by atoms with Crippen molar-refractivity contribution >= 4 is 11.8 Å². The van der Waals surface area contributed by atoms with Crippen LogP contribution in [0.4, 0.5) is 0 Å². The molecule has 2 unspecified atom stereocenters. The van der Waals surface area contributed by atoms with Crippen LogP contribution in [0.3, 0.4) is 0 Å². The van der Waals surface area contributed by atoms with Crippen LogP contribution in [0.25, 0.3) is 0 Å². The van der Waals surface area contributed by atoms with Gasteiger partial charge in [0.05, 0.1) is 0 Å². The highest BCUT2D eigenvalue weighted by Gasteiger charge is 2.22. The second-order valence-electron chi connectivity index (χ2n) is 3.92. The summed E-state index contributed by atoms with van der Waals surface area (Å²) in [5.41, 5.74) is 0. The molecule has 0 aromatic carbocycles. The maximum absolute atomic E-state index is 3.21. The summed E-state index contributed by atoms with van der Waals surface area (Å²) in [4.78, 5) is 2.55. The van der Waals surface area contributed by atoms with Gasteiger partial charge in [-0.2, -0.15) is 11.8 Å². The van der Waals surface area contributed by atoms with Gasteiger partial charge in [-0.25, -0.2) is 0 Å². The molecule has 0 spiro atoms. The molecule has 0 aromatic heterocycles. The van der Waals surface area contributed by atoms with Gasteiger partial charge < -0.3 is 5.32 Å². The minimum Gasteiger partial charge on any atom is -0.320 e. The second-order valence-corrected chi connectivity index (χ2v) is 5.07. The lowest BCUT2D eigenvalue weighted by atomic mass is 10.1. The molecule has 1 saturated heterocycles. The van der Waals surface area contributed by atoms with Crippen molar-refractivity contribution in [2.45, 2.75) is 31.8 Å². The Kier molecular flexibility index (Phi) is 5.14. The van der Waals surface area contributed by atoms with E-state index in [1.54, 1.807) is 0 Å². The molecular weight excluding hydrogens is 180 g/mol. The molecule has 1 aliphatic rings. The summed E-state index contributed by atoms with van der Waals surface area (Å²) in [6, 6.07) is 1.55. The summed E-state index contributed by atoms with van der Waals surface area (Å²) in [5, 5.41) is 3.21. The van der Waals surface area contributed by atoms with Gasteiger partial charge in [0.2, 0.25) is 0 Å². The van der Waals surface area contributed by atoms with E-state index >= 15 is 0 Å². The smallest absolute Gasteiger partial charge is 0.0194 e. The Morgan fingerprint density at radius 3 is 2.92 bits per heavy atom. The minimum absolute atomic E-state index is 0.719. The quantitative estimate of drug-likeness (QED) is 0.726. The average molecular weight is 202 g/mol. The SMILES string of the molecule is CNCCC(C)N(C)C1CCSC1. The highest BCUT2D eigenvalue weighted by atomic mass is 32.2. The van der Waals surface area contributed by atoms with Crippen molar-refractivity contribution in [3.05, 3.63) is 0 Å². The van der Waals surface area contributed by atoms with Gasteiger partial charge in [-0.3, -0.25) is 4.90 Å². The van der Waals surface area contributed by atoms with Gasteiger partial charge in [0.15, 0.2) is 0 Å². The van der Waals surface area contributed by atoms with Gasteiger partial charge in [-0.1, -0.05) is 0 Å². The van der Waals surface area contributed by atoms with Crippen molar-refractivity contribution in [1.82, 2.24) is 10.2 Å². The summed E-state index contributed by atoms with van der Waals surface area (Å²) in [7, 11) is 4.30. The number of hydrogen-bond acceptors (Lipinski definition) is 3. The normalized spacial score (nSPS) is 25.4. The first-order valence-electron chi connectivity index (χ1n) is 5.20. The van der Waals surface area contributed by atoms with E-state index in [2.05, 4.69) is 35.9 Å². The lowest BCUT2D eigenvalue weighted by Crippen LogP contribution is -2.39. The number of hydrogen-bond donors (Lipinski definition) is 1. The molecule has 13 heavy (non-hydrogen) atoms. The van der Waals surface area contributed by atoms with E-state index < -0.39 is 0 Å². The molecule has 0 bridgehead atoms. The number of nitrogens with zero attached hydrogens (tertiary/aromatic N) is 1. The molecule has 0 aromatic rings. The molecule has 2 nitrogen and oxygen atoms in total. The zero-order valence-corrected chi connectivity index (χ0v) is 9.86. The van der Waals surface area contributed by atoms with Crippen molar-refractivity contribution in [3.63, 3.8) is 0 Å². The van der Waals surface area contributed by atoms with Crippen LogP contribution < -0.4 is 5.32 Å². The minimum atomic E-state index is 0.719. The van der Waals surface area contributed by atoms with Crippen LogP contribution in [0.1, 0.15) is 19.8 Å². The standard InChI is InChI=1S/C10H22N2S/c1-9(4-6-11-2)12(3)10-5-7-13-8-10/h9-11H,4-8H2,1-3H3. The van der Waals surface area contributed by atoms with Crippen LogP contribution in [0.15, 0.2) is 0 Å².